The zero-order chi connectivity index (χ0) is 7.11. The second-order valence-corrected chi connectivity index (χ2v) is 3.38. The predicted molar refractivity (Wildman–Crippen MR) is 37.5 cm³/mol. The normalized spacial score (nSPS) is 13.6. The molecule has 56 valence electrons. The van der Waals surface area contributed by atoms with Crippen LogP contribution < -0.4 is 5.73 Å². The summed E-state index contributed by atoms with van der Waals surface area (Å²) in [5.41, 5.74) is 5.14. The highest BCUT2D eigenvalue weighted by atomic mass is 32.2. The number of alkyl halides is 1. The first-order valence-corrected chi connectivity index (χ1v) is 4.41. The smallest absolute Gasteiger partial charge is 0.101 e. The summed E-state index contributed by atoms with van der Waals surface area (Å²) in [6.07, 6.45) is 0.729. The van der Waals surface area contributed by atoms with Crippen LogP contribution in [0.15, 0.2) is 0 Å². The molecule has 0 fully saturated rings. The molecule has 2 nitrogen and oxygen atoms in total. The maximum absolute atomic E-state index is 11.4. The van der Waals surface area contributed by atoms with Gasteiger partial charge in [-0.1, -0.05) is 0 Å². The largest absolute Gasteiger partial charge is 0.330 e. The maximum atomic E-state index is 11.4. The van der Waals surface area contributed by atoms with Gasteiger partial charge in [-0.15, -0.1) is 0 Å². The van der Waals surface area contributed by atoms with Crippen molar-refractivity contribution < 1.29 is 8.60 Å². The molecule has 0 saturated heterocycles. The van der Waals surface area contributed by atoms with Crippen LogP contribution in [0.3, 0.4) is 0 Å². The van der Waals surface area contributed by atoms with E-state index in [4.69, 9.17) is 5.73 Å². The third-order valence-corrected chi connectivity index (χ3v) is 2.23. The van der Waals surface area contributed by atoms with Gasteiger partial charge in [0.2, 0.25) is 0 Å². The second kappa shape index (κ2) is 6.16. The Labute approximate surface area is 57.1 Å². The molecule has 0 aliphatic rings. The minimum Gasteiger partial charge on any atom is -0.330 e. The molecule has 0 rings (SSSR count). The van der Waals surface area contributed by atoms with Crippen LogP contribution in [0.25, 0.3) is 0 Å². The van der Waals surface area contributed by atoms with Crippen LogP contribution in [0.1, 0.15) is 6.42 Å². The van der Waals surface area contributed by atoms with Crippen molar-refractivity contribution in [1.82, 2.24) is 0 Å². The lowest BCUT2D eigenvalue weighted by Crippen LogP contribution is -2.09. The summed E-state index contributed by atoms with van der Waals surface area (Å²) in [5, 5.41) is 0. The van der Waals surface area contributed by atoms with Crippen LogP contribution in [-0.4, -0.2) is 28.9 Å². The molecule has 0 bridgehead atoms. The van der Waals surface area contributed by atoms with E-state index in [0.29, 0.717) is 12.3 Å². The quantitative estimate of drug-likeness (QED) is 0.606. The van der Waals surface area contributed by atoms with Crippen LogP contribution >= 0.6 is 0 Å². The summed E-state index contributed by atoms with van der Waals surface area (Å²) in [6.45, 7) is 0.0508. The lowest BCUT2D eigenvalue weighted by Gasteiger charge is -1.94. The lowest BCUT2D eigenvalue weighted by molar-refractivity contribution is 0.528. The van der Waals surface area contributed by atoms with Crippen molar-refractivity contribution in [3.05, 3.63) is 0 Å². The molecule has 0 heterocycles. The fourth-order valence-electron chi connectivity index (χ4n) is 0.432. The molecule has 0 spiro atoms. The van der Waals surface area contributed by atoms with Gasteiger partial charge in [-0.25, -0.2) is 0 Å². The van der Waals surface area contributed by atoms with Crippen molar-refractivity contribution in [2.75, 3.05) is 24.7 Å². The average molecular weight is 153 g/mol. The third kappa shape index (κ3) is 5.92. The highest BCUT2D eigenvalue weighted by molar-refractivity contribution is 7.84. The van der Waals surface area contributed by atoms with E-state index in [-0.39, 0.29) is 5.75 Å². The number of hydrogen-bond donors (Lipinski definition) is 1. The monoisotopic (exact) mass is 153 g/mol. The molecule has 0 aromatic heterocycles. The molecule has 0 aromatic carbocycles. The molecular formula is C5H12FNOS. The maximum Gasteiger partial charge on any atom is 0.101 e. The molecule has 2 N–H and O–H groups in total. The minimum atomic E-state index is -0.975. The molecule has 0 radical (unpaired) electrons. The minimum absolute atomic E-state index is 0.167. The van der Waals surface area contributed by atoms with E-state index in [9.17, 15) is 8.60 Å². The third-order valence-electron chi connectivity index (χ3n) is 0.881. The Morgan fingerprint density at radius 3 is 2.56 bits per heavy atom. The number of rotatable bonds is 5. The fourth-order valence-corrected chi connectivity index (χ4v) is 1.30. The molecule has 0 saturated carbocycles. The number of halogens is 1. The van der Waals surface area contributed by atoms with Gasteiger partial charge in [0.05, 0.1) is 5.75 Å². The summed E-state index contributed by atoms with van der Waals surface area (Å²) in [6, 6.07) is 0. The van der Waals surface area contributed by atoms with Crippen molar-refractivity contribution in [2.45, 2.75) is 6.42 Å². The summed E-state index contributed by atoms with van der Waals surface area (Å²) in [7, 11) is -0.975. The van der Waals surface area contributed by atoms with E-state index in [1.54, 1.807) is 0 Å². The first-order chi connectivity index (χ1) is 4.31. The predicted octanol–water partition coefficient (Wildman–Crippen LogP) is 0.0534. The Balaban J connectivity index is 3.06. The van der Waals surface area contributed by atoms with E-state index in [0.717, 1.165) is 6.42 Å². The Bertz CT molecular complexity index is 89.0. The topological polar surface area (TPSA) is 43.1 Å². The highest BCUT2D eigenvalue weighted by Crippen LogP contribution is 1.85. The van der Waals surface area contributed by atoms with Crippen LogP contribution in [0.2, 0.25) is 0 Å². The van der Waals surface area contributed by atoms with Crippen LogP contribution in [0, 0.1) is 0 Å². The average Bonchev–Trinajstić information content (AvgIpc) is 1.85. The van der Waals surface area contributed by atoms with Crippen molar-refractivity contribution in [1.29, 1.82) is 0 Å². The molecular weight excluding hydrogens is 141 g/mol. The first kappa shape index (κ1) is 9.04. The van der Waals surface area contributed by atoms with Crippen molar-refractivity contribution in [3.63, 3.8) is 0 Å². The van der Waals surface area contributed by atoms with Gasteiger partial charge in [-0.05, 0) is 13.0 Å². The van der Waals surface area contributed by atoms with Gasteiger partial charge in [-0.2, -0.15) is 0 Å². The summed E-state index contributed by atoms with van der Waals surface area (Å²) in [5.74, 6) is 0.709. The lowest BCUT2D eigenvalue weighted by atomic mass is 10.5. The van der Waals surface area contributed by atoms with Gasteiger partial charge in [0.1, 0.15) is 6.67 Å². The SMILES string of the molecule is NCCCS(=O)CCF. The van der Waals surface area contributed by atoms with Gasteiger partial charge in [0, 0.05) is 16.6 Å². The molecule has 9 heavy (non-hydrogen) atoms. The van der Waals surface area contributed by atoms with E-state index in [1.165, 1.54) is 0 Å². The van der Waals surface area contributed by atoms with Gasteiger partial charge >= 0.3 is 0 Å². The Hall–Kier alpha value is 0.0400. The van der Waals surface area contributed by atoms with E-state index in [1.807, 2.05) is 0 Å². The van der Waals surface area contributed by atoms with E-state index in [2.05, 4.69) is 0 Å². The van der Waals surface area contributed by atoms with Gasteiger partial charge < -0.3 is 5.73 Å². The molecule has 0 aromatic rings. The molecule has 0 aliphatic heterocycles. The highest BCUT2D eigenvalue weighted by Gasteiger charge is 1.96. The standard InChI is InChI=1S/C5H12FNOS/c6-2-5-9(8)4-1-3-7/h1-5,7H2. The van der Waals surface area contributed by atoms with Crippen LogP contribution in [0.5, 0.6) is 0 Å². The fraction of sp³-hybridized carbons (Fsp3) is 1.00. The molecule has 1 unspecified atom stereocenters. The van der Waals surface area contributed by atoms with Crippen molar-refractivity contribution >= 4 is 10.8 Å². The van der Waals surface area contributed by atoms with Gasteiger partial charge in [-0.3, -0.25) is 8.60 Å². The van der Waals surface area contributed by atoms with E-state index < -0.39 is 17.5 Å². The van der Waals surface area contributed by atoms with Gasteiger partial charge in [0.25, 0.3) is 0 Å². The van der Waals surface area contributed by atoms with E-state index >= 15 is 0 Å². The molecule has 0 amide bonds. The van der Waals surface area contributed by atoms with Crippen molar-refractivity contribution in [2.24, 2.45) is 5.73 Å². The zero-order valence-electron chi connectivity index (χ0n) is 5.31. The zero-order valence-corrected chi connectivity index (χ0v) is 6.12. The second-order valence-electron chi connectivity index (χ2n) is 1.68. The Kier molecular flexibility index (Phi) is 6.19. The number of hydrogen-bond acceptors (Lipinski definition) is 2. The Morgan fingerprint density at radius 1 is 1.44 bits per heavy atom. The van der Waals surface area contributed by atoms with Crippen molar-refractivity contribution in [3.8, 4) is 0 Å². The van der Waals surface area contributed by atoms with Crippen LogP contribution in [-0.2, 0) is 10.8 Å². The molecule has 1 atom stereocenters. The summed E-state index contributed by atoms with van der Waals surface area (Å²) < 4.78 is 22.1. The summed E-state index contributed by atoms with van der Waals surface area (Å²) >= 11 is 0. The summed E-state index contributed by atoms with van der Waals surface area (Å²) in [4.78, 5) is 0. The molecule has 4 heteroatoms. The van der Waals surface area contributed by atoms with Gasteiger partial charge in [0.15, 0.2) is 0 Å². The number of nitrogens with two attached hydrogens (primary N) is 1. The Morgan fingerprint density at radius 2 is 2.11 bits per heavy atom. The molecule has 0 aliphatic carbocycles. The van der Waals surface area contributed by atoms with Crippen LogP contribution in [0.4, 0.5) is 4.39 Å². The first-order valence-electron chi connectivity index (χ1n) is 2.92.